The second-order valence-corrected chi connectivity index (χ2v) is 5.27. The van der Waals surface area contributed by atoms with Gasteiger partial charge in [0, 0.05) is 5.92 Å². The summed E-state index contributed by atoms with van der Waals surface area (Å²) in [4.78, 5) is 4.21. The molecule has 0 saturated carbocycles. The van der Waals surface area contributed by atoms with Crippen molar-refractivity contribution in [2.45, 2.75) is 39.4 Å². The zero-order valence-corrected chi connectivity index (χ0v) is 12.4. The molecule has 0 saturated heterocycles. The molecular formula is C14H17ClN2O3. The first-order valence-corrected chi connectivity index (χ1v) is 6.78. The van der Waals surface area contributed by atoms with Crippen molar-refractivity contribution in [3.63, 3.8) is 0 Å². The summed E-state index contributed by atoms with van der Waals surface area (Å²) in [6.07, 6.45) is -0.563. The Hall–Kier alpha value is -1.59. The van der Waals surface area contributed by atoms with Crippen LogP contribution < -0.4 is 4.74 Å². The minimum absolute atomic E-state index is 0.184. The first-order chi connectivity index (χ1) is 9.47. The molecule has 1 N–H and O–H groups in total. The van der Waals surface area contributed by atoms with Gasteiger partial charge < -0.3 is 14.4 Å². The third kappa shape index (κ3) is 3.49. The SMILES string of the molecule is CC(C)c1nc(COc2ccc([C@@H](C)O)cc2Cl)no1. The van der Waals surface area contributed by atoms with Gasteiger partial charge in [0.25, 0.3) is 0 Å². The fraction of sp³-hybridized carbons (Fsp3) is 0.429. The van der Waals surface area contributed by atoms with Crippen molar-refractivity contribution in [1.29, 1.82) is 0 Å². The summed E-state index contributed by atoms with van der Waals surface area (Å²) in [6.45, 7) is 5.82. The van der Waals surface area contributed by atoms with Crippen molar-refractivity contribution < 1.29 is 14.4 Å². The lowest BCUT2D eigenvalue weighted by Gasteiger charge is -2.09. The Labute approximate surface area is 122 Å². The van der Waals surface area contributed by atoms with E-state index < -0.39 is 6.10 Å². The minimum atomic E-state index is -0.563. The summed E-state index contributed by atoms with van der Waals surface area (Å²) < 4.78 is 10.6. The van der Waals surface area contributed by atoms with Gasteiger partial charge in [-0.25, -0.2) is 0 Å². The van der Waals surface area contributed by atoms with E-state index in [4.69, 9.17) is 20.9 Å². The van der Waals surface area contributed by atoms with E-state index in [2.05, 4.69) is 10.1 Å². The molecule has 108 valence electrons. The summed E-state index contributed by atoms with van der Waals surface area (Å²) in [7, 11) is 0. The first kappa shape index (κ1) is 14.8. The molecule has 1 atom stereocenters. The van der Waals surface area contributed by atoms with E-state index in [1.165, 1.54) is 0 Å². The van der Waals surface area contributed by atoms with Gasteiger partial charge in [-0.05, 0) is 24.6 Å². The molecule has 0 aliphatic heterocycles. The lowest BCUT2D eigenvalue weighted by Crippen LogP contribution is -1.99. The molecule has 0 unspecified atom stereocenters. The Balaban J connectivity index is 2.03. The van der Waals surface area contributed by atoms with Crippen LogP contribution in [0, 0.1) is 0 Å². The fourth-order valence-electron chi connectivity index (χ4n) is 1.60. The number of aromatic nitrogens is 2. The number of hydrogen-bond acceptors (Lipinski definition) is 5. The molecule has 2 rings (SSSR count). The molecular weight excluding hydrogens is 280 g/mol. The van der Waals surface area contributed by atoms with Crippen molar-refractivity contribution in [2.24, 2.45) is 0 Å². The largest absolute Gasteiger partial charge is 0.484 e. The number of aliphatic hydroxyl groups is 1. The highest BCUT2D eigenvalue weighted by molar-refractivity contribution is 6.32. The third-order valence-electron chi connectivity index (χ3n) is 2.77. The Bertz CT molecular complexity index is 582. The zero-order chi connectivity index (χ0) is 14.7. The van der Waals surface area contributed by atoms with Gasteiger partial charge in [0.2, 0.25) is 11.7 Å². The normalized spacial score (nSPS) is 12.7. The Morgan fingerprint density at radius 1 is 1.35 bits per heavy atom. The molecule has 2 aromatic rings. The van der Waals surface area contributed by atoms with Crippen LogP contribution >= 0.6 is 11.6 Å². The highest BCUT2D eigenvalue weighted by atomic mass is 35.5. The molecule has 0 amide bonds. The van der Waals surface area contributed by atoms with E-state index in [-0.39, 0.29) is 12.5 Å². The van der Waals surface area contributed by atoms with Gasteiger partial charge >= 0.3 is 0 Å². The molecule has 0 aliphatic rings. The maximum atomic E-state index is 9.47. The second kappa shape index (κ2) is 6.24. The maximum Gasteiger partial charge on any atom is 0.229 e. The number of aliphatic hydroxyl groups excluding tert-OH is 1. The summed E-state index contributed by atoms with van der Waals surface area (Å²) in [6, 6.07) is 5.16. The fourth-order valence-corrected chi connectivity index (χ4v) is 1.84. The number of halogens is 1. The predicted octanol–water partition coefficient (Wildman–Crippen LogP) is 3.48. The van der Waals surface area contributed by atoms with Crippen molar-refractivity contribution in [3.8, 4) is 5.75 Å². The Morgan fingerprint density at radius 3 is 2.65 bits per heavy atom. The molecule has 1 aromatic carbocycles. The molecule has 1 heterocycles. The average molecular weight is 297 g/mol. The number of benzene rings is 1. The second-order valence-electron chi connectivity index (χ2n) is 4.86. The highest BCUT2D eigenvalue weighted by Gasteiger charge is 2.11. The van der Waals surface area contributed by atoms with Gasteiger partial charge in [0.15, 0.2) is 6.61 Å². The molecule has 0 aliphatic carbocycles. The van der Waals surface area contributed by atoms with Crippen molar-refractivity contribution in [3.05, 3.63) is 40.5 Å². The van der Waals surface area contributed by atoms with Crippen LogP contribution in [0.25, 0.3) is 0 Å². The predicted molar refractivity (Wildman–Crippen MR) is 74.8 cm³/mol. The Morgan fingerprint density at radius 2 is 2.10 bits per heavy atom. The van der Waals surface area contributed by atoms with Crippen LogP contribution in [-0.4, -0.2) is 15.2 Å². The summed E-state index contributed by atoms with van der Waals surface area (Å²) in [5.41, 5.74) is 0.740. The molecule has 6 heteroatoms. The van der Waals surface area contributed by atoms with Crippen LogP contribution in [0.1, 0.15) is 50.1 Å². The highest BCUT2D eigenvalue weighted by Crippen LogP contribution is 2.28. The van der Waals surface area contributed by atoms with E-state index >= 15 is 0 Å². The van der Waals surface area contributed by atoms with E-state index in [1.54, 1.807) is 25.1 Å². The van der Waals surface area contributed by atoms with Crippen LogP contribution in [-0.2, 0) is 6.61 Å². The summed E-state index contributed by atoms with van der Waals surface area (Å²) in [5.74, 6) is 1.76. The maximum absolute atomic E-state index is 9.47. The average Bonchev–Trinajstić information content (AvgIpc) is 2.86. The minimum Gasteiger partial charge on any atom is -0.484 e. The van der Waals surface area contributed by atoms with Gasteiger partial charge in [0.05, 0.1) is 11.1 Å². The molecule has 0 fully saturated rings. The Kier molecular flexibility index (Phi) is 4.62. The van der Waals surface area contributed by atoms with Crippen LogP contribution in [0.2, 0.25) is 5.02 Å². The van der Waals surface area contributed by atoms with Crippen molar-refractivity contribution in [1.82, 2.24) is 10.1 Å². The standard InChI is InChI=1S/C14H17ClN2O3/c1-8(2)14-16-13(17-20-14)7-19-12-5-4-10(9(3)18)6-11(12)15/h4-6,8-9,18H,7H2,1-3H3/t9-/m1/s1. The third-order valence-corrected chi connectivity index (χ3v) is 3.07. The van der Waals surface area contributed by atoms with E-state index in [9.17, 15) is 5.11 Å². The van der Waals surface area contributed by atoms with E-state index in [1.807, 2.05) is 13.8 Å². The quantitative estimate of drug-likeness (QED) is 0.915. The van der Waals surface area contributed by atoms with Crippen LogP contribution in [0.5, 0.6) is 5.75 Å². The van der Waals surface area contributed by atoms with Gasteiger partial charge in [-0.3, -0.25) is 0 Å². The molecule has 0 spiro atoms. The summed E-state index contributed by atoms with van der Waals surface area (Å²) in [5, 5.41) is 13.7. The van der Waals surface area contributed by atoms with Gasteiger partial charge in [0.1, 0.15) is 5.75 Å². The van der Waals surface area contributed by atoms with Crippen LogP contribution in [0.15, 0.2) is 22.7 Å². The van der Waals surface area contributed by atoms with Crippen LogP contribution in [0.4, 0.5) is 0 Å². The molecule has 5 nitrogen and oxygen atoms in total. The number of nitrogens with zero attached hydrogens (tertiary/aromatic N) is 2. The van der Waals surface area contributed by atoms with Gasteiger partial charge in [-0.15, -0.1) is 0 Å². The summed E-state index contributed by atoms with van der Waals surface area (Å²) >= 11 is 6.09. The monoisotopic (exact) mass is 296 g/mol. The number of rotatable bonds is 5. The number of ether oxygens (including phenoxy) is 1. The van der Waals surface area contributed by atoms with E-state index in [0.29, 0.717) is 22.5 Å². The molecule has 0 bridgehead atoms. The first-order valence-electron chi connectivity index (χ1n) is 6.40. The molecule has 20 heavy (non-hydrogen) atoms. The van der Waals surface area contributed by atoms with Gasteiger partial charge in [-0.1, -0.05) is 36.7 Å². The van der Waals surface area contributed by atoms with Crippen molar-refractivity contribution >= 4 is 11.6 Å². The lowest BCUT2D eigenvalue weighted by atomic mass is 10.1. The van der Waals surface area contributed by atoms with Crippen LogP contribution in [0.3, 0.4) is 0 Å². The topological polar surface area (TPSA) is 68.4 Å². The van der Waals surface area contributed by atoms with E-state index in [0.717, 1.165) is 5.56 Å². The smallest absolute Gasteiger partial charge is 0.229 e. The molecule has 1 aromatic heterocycles. The lowest BCUT2D eigenvalue weighted by molar-refractivity contribution is 0.199. The van der Waals surface area contributed by atoms with Crippen molar-refractivity contribution in [2.75, 3.05) is 0 Å². The van der Waals surface area contributed by atoms with Gasteiger partial charge in [-0.2, -0.15) is 4.98 Å². The molecule has 0 radical (unpaired) electrons. The number of hydrogen-bond donors (Lipinski definition) is 1. The zero-order valence-electron chi connectivity index (χ0n) is 11.6.